The molecule has 2 aliphatic heterocycles. The van der Waals surface area contributed by atoms with Gasteiger partial charge in [0.15, 0.2) is 0 Å². The van der Waals surface area contributed by atoms with Gasteiger partial charge in [0, 0.05) is 24.5 Å². The number of nitrogens with zero attached hydrogens (tertiary/aromatic N) is 4. The van der Waals surface area contributed by atoms with E-state index in [1.807, 2.05) is 10.6 Å². The largest absolute Gasteiger partial charge is 0.472 e. The number of fused-ring (bicyclic) bond motifs is 3. The molecule has 0 spiro atoms. The van der Waals surface area contributed by atoms with Crippen LogP contribution in [0.25, 0.3) is 5.65 Å². The van der Waals surface area contributed by atoms with E-state index >= 15 is 0 Å². The minimum Gasteiger partial charge on any atom is -0.472 e. The molecule has 0 radical (unpaired) electrons. The van der Waals surface area contributed by atoms with Crippen molar-refractivity contribution in [3.05, 3.63) is 18.7 Å². The Morgan fingerprint density at radius 3 is 2.94 bits per heavy atom. The van der Waals surface area contributed by atoms with Crippen LogP contribution in [0.2, 0.25) is 0 Å². The summed E-state index contributed by atoms with van der Waals surface area (Å²) in [4.78, 5) is 4.28. The van der Waals surface area contributed by atoms with Crippen molar-refractivity contribution in [2.24, 2.45) is 0 Å². The molecule has 4 rings (SSSR count). The minimum atomic E-state index is 0.249. The Bertz CT molecular complexity index is 556. The van der Waals surface area contributed by atoms with Crippen molar-refractivity contribution in [1.82, 2.24) is 24.9 Å². The van der Waals surface area contributed by atoms with Crippen LogP contribution in [-0.2, 0) is 0 Å². The monoisotopic (exact) mass is 245 g/mol. The van der Waals surface area contributed by atoms with Gasteiger partial charge < -0.3 is 10.1 Å². The fourth-order valence-electron chi connectivity index (χ4n) is 3.08. The average Bonchev–Trinajstić information content (AvgIpc) is 2.97. The first-order valence-electron chi connectivity index (χ1n) is 6.45. The van der Waals surface area contributed by atoms with Crippen LogP contribution < -0.4 is 10.1 Å². The molecule has 4 heterocycles. The number of rotatable bonds is 2. The van der Waals surface area contributed by atoms with Gasteiger partial charge in [-0.25, -0.2) is 4.98 Å². The number of hydrogen-bond acceptors (Lipinski definition) is 5. The highest BCUT2D eigenvalue weighted by atomic mass is 16.5. The maximum absolute atomic E-state index is 6.03. The summed E-state index contributed by atoms with van der Waals surface area (Å²) >= 11 is 0. The molecule has 18 heavy (non-hydrogen) atoms. The van der Waals surface area contributed by atoms with Crippen LogP contribution in [-0.4, -0.2) is 37.8 Å². The Morgan fingerprint density at radius 1 is 1.28 bits per heavy atom. The predicted molar refractivity (Wildman–Crippen MR) is 64.4 cm³/mol. The molecule has 2 bridgehead atoms. The molecule has 2 aliphatic rings. The molecule has 2 unspecified atom stereocenters. The first kappa shape index (κ1) is 10.3. The number of hydrogen-bond donors (Lipinski definition) is 1. The molecular weight excluding hydrogens is 230 g/mol. The van der Waals surface area contributed by atoms with Crippen LogP contribution in [0.3, 0.4) is 0 Å². The van der Waals surface area contributed by atoms with E-state index in [1.54, 1.807) is 12.5 Å². The fraction of sp³-hybridized carbons (Fsp3) is 0.583. The lowest BCUT2D eigenvalue weighted by molar-refractivity contribution is 0.133. The zero-order chi connectivity index (χ0) is 11.9. The number of nitrogens with one attached hydrogen (secondary N) is 1. The third-order valence-corrected chi connectivity index (χ3v) is 3.89. The normalized spacial score (nSPS) is 30.8. The van der Waals surface area contributed by atoms with Crippen LogP contribution in [0, 0.1) is 0 Å². The summed E-state index contributed by atoms with van der Waals surface area (Å²) in [6.07, 6.45) is 10.1. The van der Waals surface area contributed by atoms with E-state index in [1.165, 1.54) is 12.8 Å². The molecular formula is C12H15N5O. The van der Waals surface area contributed by atoms with Gasteiger partial charge in [-0.3, -0.25) is 4.40 Å². The van der Waals surface area contributed by atoms with Gasteiger partial charge >= 0.3 is 0 Å². The smallest absolute Gasteiger partial charge is 0.260 e. The molecule has 2 saturated heterocycles. The first-order valence-corrected chi connectivity index (χ1v) is 6.45. The van der Waals surface area contributed by atoms with Gasteiger partial charge in [0.25, 0.3) is 5.88 Å². The van der Waals surface area contributed by atoms with Gasteiger partial charge in [0.1, 0.15) is 12.4 Å². The van der Waals surface area contributed by atoms with Crippen molar-refractivity contribution in [3.63, 3.8) is 0 Å². The van der Waals surface area contributed by atoms with Gasteiger partial charge in [0.2, 0.25) is 5.65 Å². The Balaban J connectivity index is 1.59. The molecule has 0 saturated carbocycles. The van der Waals surface area contributed by atoms with Crippen molar-refractivity contribution in [1.29, 1.82) is 0 Å². The maximum Gasteiger partial charge on any atom is 0.260 e. The topological polar surface area (TPSA) is 64.3 Å². The third-order valence-electron chi connectivity index (χ3n) is 3.89. The lowest BCUT2D eigenvalue weighted by Crippen LogP contribution is -2.42. The molecule has 94 valence electrons. The molecule has 2 fully saturated rings. The van der Waals surface area contributed by atoms with E-state index in [4.69, 9.17) is 4.74 Å². The van der Waals surface area contributed by atoms with Crippen LogP contribution >= 0.6 is 0 Å². The van der Waals surface area contributed by atoms with Crippen molar-refractivity contribution >= 4 is 5.65 Å². The average molecular weight is 245 g/mol. The highest BCUT2D eigenvalue weighted by Crippen LogP contribution is 2.29. The van der Waals surface area contributed by atoms with Crippen LogP contribution in [0.1, 0.15) is 25.7 Å². The molecule has 0 aromatic carbocycles. The summed E-state index contributed by atoms with van der Waals surface area (Å²) in [5.41, 5.74) is 0.698. The molecule has 1 N–H and O–H groups in total. The molecule has 2 aromatic rings. The molecule has 6 nitrogen and oxygen atoms in total. The molecule has 0 amide bonds. The minimum absolute atomic E-state index is 0.249. The van der Waals surface area contributed by atoms with E-state index in [-0.39, 0.29) is 6.10 Å². The van der Waals surface area contributed by atoms with Gasteiger partial charge in [-0.1, -0.05) is 0 Å². The first-order chi connectivity index (χ1) is 8.88. The standard InChI is InChI=1S/C12H15N5O/c1-2-9-6-10(5-8(1)15-9)18-12-11-16-14-7-17(11)4-3-13-12/h3-4,7-10,15H,1-2,5-6H2. The second-order valence-electron chi connectivity index (χ2n) is 5.14. The number of ether oxygens (including phenoxy) is 1. The van der Waals surface area contributed by atoms with Crippen molar-refractivity contribution in [2.75, 3.05) is 0 Å². The van der Waals surface area contributed by atoms with Crippen LogP contribution in [0.5, 0.6) is 5.88 Å². The predicted octanol–water partition coefficient (Wildman–Crippen LogP) is 0.786. The molecule has 2 aromatic heterocycles. The van der Waals surface area contributed by atoms with Gasteiger partial charge in [-0.15, -0.1) is 10.2 Å². The Labute approximate surface area is 104 Å². The summed E-state index contributed by atoms with van der Waals surface area (Å²) in [5, 5.41) is 11.5. The second-order valence-corrected chi connectivity index (χ2v) is 5.14. The van der Waals surface area contributed by atoms with Crippen molar-refractivity contribution < 1.29 is 4.74 Å². The Kier molecular flexibility index (Phi) is 2.23. The summed E-state index contributed by atoms with van der Waals surface area (Å²) in [6.45, 7) is 0. The summed E-state index contributed by atoms with van der Waals surface area (Å²) < 4.78 is 7.86. The van der Waals surface area contributed by atoms with Crippen molar-refractivity contribution in [2.45, 2.75) is 43.9 Å². The van der Waals surface area contributed by atoms with Gasteiger partial charge in [-0.2, -0.15) is 0 Å². The SMILES string of the molecule is c1cn2cnnc2c(OC2CC3CCC(C2)N3)n1. The Hall–Kier alpha value is -1.69. The van der Waals surface area contributed by atoms with Crippen LogP contribution in [0.15, 0.2) is 18.7 Å². The van der Waals surface area contributed by atoms with Gasteiger partial charge in [-0.05, 0) is 25.7 Å². The third kappa shape index (κ3) is 1.64. The summed E-state index contributed by atoms with van der Waals surface area (Å²) in [5.74, 6) is 0.598. The number of piperidine rings is 1. The van der Waals surface area contributed by atoms with E-state index < -0.39 is 0 Å². The molecule has 0 aliphatic carbocycles. The summed E-state index contributed by atoms with van der Waals surface area (Å²) in [6, 6.07) is 1.23. The maximum atomic E-state index is 6.03. The zero-order valence-electron chi connectivity index (χ0n) is 9.99. The molecule has 2 atom stereocenters. The zero-order valence-corrected chi connectivity index (χ0v) is 9.99. The number of aromatic nitrogens is 4. The second kappa shape index (κ2) is 3.91. The van der Waals surface area contributed by atoms with Gasteiger partial charge in [0.05, 0.1) is 0 Å². The molecule has 6 heteroatoms. The van der Waals surface area contributed by atoms with E-state index in [0.29, 0.717) is 23.6 Å². The van der Waals surface area contributed by atoms with E-state index in [9.17, 15) is 0 Å². The quantitative estimate of drug-likeness (QED) is 0.847. The highest BCUT2D eigenvalue weighted by molar-refractivity contribution is 5.47. The highest BCUT2D eigenvalue weighted by Gasteiger charge is 2.34. The van der Waals surface area contributed by atoms with E-state index in [2.05, 4.69) is 20.5 Å². The van der Waals surface area contributed by atoms with E-state index in [0.717, 1.165) is 12.8 Å². The van der Waals surface area contributed by atoms with Crippen LogP contribution in [0.4, 0.5) is 0 Å². The lowest BCUT2D eigenvalue weighted by atomic mass is 10.0. The Morgan fingerprint density at radius 2 is 2.11 bits per heavy atom. The fourth-order valence-corrected chi connectivity index (χ4v) is 3.08. The lowest BCUT2D eigenvalue weighted by Gasteiger charge is -2.29. The summed E-state index contributed by atoms with van der Waals surface area (Å²) in [7, 11) is 0. The van der Waals surface area contributed by atoms with Crippen molar-refractivity contribution in [3.8, 4) is 5.88 Å².